The van der Waals surface area contributed by atoms with Crippen molar-refractivity contribution >= 4 is 22.8 Å². The molecular weight excluding hydrogens is 332 g/mol. The number of amides is 1. The molecule has 0 fully saturated rings. The maximum atomic E-state index is 12.5. The Morgan fingerprint density at radius 2 is 1.81 bits per heavy atom. The Hall–Kier alpha value is -3.28. The number of carbonyl (C=O) groups is 2. The molecule has 3 rings (SSSR count). The van der Waals surface area contributed by atoms with Gasteiger partial charge in [0.25, 0.3) is 5.91 Å². The van der Waals surface area contributed by atoms with Crippen molar-refractivity contribution in [2.24, 2.45) is 0 Å². The lowest BCUT2D eigenvalue weighted by molar-refractivity contribution is -0.142. The summed E-state index contributed by atoms with van der Waals surface area (Å²) in [5.74, 6) is -0.176. The summed E-state index contributed by atoms with van der Waals surface area (Å²) in [5.41, 5.74) is 2.36. The van der Waals surface area contributed by atoms with E-state index in [9.17, 15) is 9.59 Å². The number of fused-ring (bicyclic) bond motifs is 1. The number of aromatic amines is 1. The normalized spacial score (nSPS) is 11.8. The van der Waals surface area contributed by atoms with Gasteiger partial charge in [-0.15, -0.1) is 0 Å². The van der Waals surface area contributed by atoms with E-state index in [2.05, 4.69) is 10.3 Å². The van der Waals surface area contributed by atoms with Crippen LogP contribution in [0.4, 0.5) is 0 Å². The van der Waals surface area contributed by atoms with Crippen LogP contribution in [0, 0.1) is 0 Å². The third-order valence-corrected chi connectivity index (χ3v) is 4.24. The zero-order valence-electron chi connectivity index (χ0n) is 14.6. The average Bonchev–Trinajstić information content (AvgIpc) is 3.09. The molecule has 0 radical (unpaired) electrons. The van der Waals surface area contributed by atoms with E-state index in [0.29, 0.717) is 17.7 Å². The molecule has 0 bridgehead atoms. The number of hydrogen-bond donors (Lipinski definition) is 2. The maximum absolute atomic E-state index is 12.5. The van der Waals surface area contributed by atoms with Crippen molar-refractivity contribution in [3.63, 3.8) is 0 Å². The molecule has 3 aromatic rings. The van der Waals surface area contributed by atoms with Crippen molar-refractivity contribution in [2.75, 3.05) is 14.2 Å². The largest absolute Gasteiger partial charge is 0.497 e. The summed E-state index contributed by atoms with van der Waals surface area (Å²) in [6.45, 7) is 0. The first-order valence-corrected chi connectivity index (χ1v) is 8.20. The summed E-state index contributed by atoms with van der Waals surface area (Å²) in [4.78, 5) is 27.8. The molecule has 0 aliphatic heterocycles. The van der Waals surface area contributed by atoms with Crippen LogP contribution < -0.4 is 10.1 Å². The summed E-state index contributed by atoms with van der Waals surface area (Å²) in [7, 11) is 2.87. The number of para-hydroxylation sites is 1. The van der Waals surface area contributed by atoms with E-state index in [1.807, 2.05) is 30.5 Å². The zero-order chi connectivity index (χ0) is 18.5. The van der Waals surface area contributed by atoms with Gasteiger partial charge in [0, 0.05) is 29.1 Å². The highest BCUT2D eigenvalue weighted by molar-refractivity contribution is 5.97. The standard InChI is InChI=1S/C20H20N2O4/c1-25-15-9-7-13(8-10-15)19(23)22-18(20(24)26-2)11-14-12-21-17-6-4-3-5-16(14)17/h3-10,12,18,21H,11H2,1-2H3,(H,22,23)/t18-/m1/s1. The molecule has 6 nitrogen and oxygen atoms in total. The Labute approximate surface area is 151 Å². The van der Waals surface area contributed by atoms with Crippen LogP contribution in [0.25, 0.3) is 10.9 Å². The van der Waals surface area contributed by atoms with Gasteiger partial charge in [-0.2, -0.15) is 0 Å². The Balaban J connectivity index is 1.79. The number of carbonyl (C=O) groups excluding carboxylic acids is 2. The van der Waals surface area contributed by atoms with E-state index in [1.54, 1.807) is 31.4 Å². The minimum Gasteiger partial charge on any atom is -0.497 e. The number of hydrogen-bond acceptors (Lipinski definition) is 4. The van der Waals surface area contributed by atoms with E-state index in [-0.39, 0.29) is 5.91 Å². The fourth-order valence-electron chi connectivity index (χ4n) is 2.84. The van der Waals surface area contributed by atoms with Crippen LogP contribution in [0.15, 0.2) is 54.7 Å². The van der Waals surface area contributed by atoms with Crippen LogP contribution in [0.1, 0.15) is 15.9 Å². The van der Waals surface area contributed by atoms with Gasteiger partial charge in [0.05, 0.1) is 14.2 Å². The second kappa shape index (κ2) is 7.74. The van der Waals surface area contributed by atoms with E-state index in [4.69, 9.17) is 9.47 Å². The monoisotopic (exact) mass is 352 g/mol. The van der Waals surface area contributed by atoms with Crippen LogP contribution in [-0.2, 0) is 16.0 Å². The number of benzene rings is 2. The molecule has 134 valence electrons. The molecule has 2 N–H and O–H groups in total. The molecule has 6 heteroatoms. The Kier molecular flexibility index (Phi) is 5.22. The first-order valence-electron chi connectivity index (χ1n) is 8.20. The topological polar surface area (TPSA) is 80.4 Å². The Bertz CT molecular complexity index is 915. The van der Waals surface area contributed by atoms with Crippen LogP contribution >= 0.6 is 0 Å². The number of nitrogens with one attached hydrogen (secondary N) is 2. The molecule has 0 saturated carbocycles. The van der Waals surface area contributed by atoms with Crippen molar-refractivity contribution in [1.82, 2.24) is 10.3 Å². The Morgan fingerprint density at radius 3 is 2.50 bits per heavy atom. The molecule has 0 unspecified atom stereocenters. The highest BCUT2D eigenvalue weighted by Crippen LogP contribution is 2.19. The predicted octanol–water partition coefficient (Wildman–Crippen LogP) is 2.69. The summed E-state index contributed by atoms with van der Waals surface area (Å²) >= 11 is 0. The second-order valence-electron chi connectivity index (χ2n) is 5.84. The highest BCUT2D eigenvalue weighted by Gasteiger charge is 2.23. The van der Waals surface area contributed by atoms with Gasteiger partial charge in [-0.1, -0.05) is 18.2 Å². The van der Waals surface area contributed by atoms with Gasteiger partial charge in [-0.25, -0.2) is 4.79 Å². The number of rotatable bonds is 6. The van der Waals surface area contributed by atoms with Crippen molar-refractivity contribution in [2.45, 2.75) is 12.5 Å². The molecule has 0 spiro atoms. The molecule has 1 amide bonds. The first kappa shape index (κ1) is 17.5. The predicted molar refractivity (Wildman–Crippen MR) is 98.3 cm³/mol. The molecule has 1 aromatic heterocycles. The molecule has 1 heterocycles. The van der Waals surface area contributed by atoms with Gasteiger partial charge in [0.1, 0.15) is 11.8 Å². The lowest BCUT2D eigenvalue weighted by Crippen LogP contribution is -2.43. The van der Waals surface area contributed by atoms with Gasteiger partial charge in [0.15, 0.2) is 0 Å². The van der Waals surface area contributed by atoms with E-state index >= 15 is 0 Å². The summed E-state index contributed by atoms with van der Waals surface area (Å²) in [6.07, 6.45) is 2.18. The minimum absolute atomic E-state index is 0.332. The van der Waals surface area contributed by atoms with Crippen LogP contribution in [0.5, 0.6) is 5.75 Å². The second-order valence-corrected chi connectivity index (χ2v) is 5.84. The van der Waals surface area contributed by atoms with Gasteiger partial charge in [0.2, 0.25) is 0 Å². The smallest absolute Gasteiger partial charge is 0.328 e. The lowest BCUT2D eigenvalue weighted by Gasteiger charge is -2.16. The molecule has 0 aliphatic rings. The molecule has 1 atom stereocenters. The van der Waals surface area contributed by atoms with Gasteiger partial charge < -0.3 is 19.8 Å². The quantitative estimate of drug-likeness (QED) is 0.669. The zero-order valence-corrected chi connectivity index (χ0v) is 14.6. The summed E-state index contributed by atoms with van der Waals surface area (Å²) in [5, 5.41) is 3.77. The van der Waals surface area contributed by atoms with Gasteiger partial charge in [-0.3, -0.25) is 4.79 Å². The highest BCUT2D eigenvalue weighted by atomic mass is 16.5. The fraction of sp³-hybridized carbons (Fsp3) is 0.200. The summed E-state index contributed by atoms with van der Waals surface area (Å²) < 4.78 is 9.95. The van der Waals surface area contributed by atoms with Crippen molar-refractivity contribution in [3.8, 4) is 5.75 Å². The number of esters is 1. The van der Waals surface area contributed by atoms with Crippen LogP contribution in [0.3, 0.4) is 0 Å². The van der Waals surface area contributed by atoms with Crippen LogP contribution in [-0.4, -0.2) is 37.1 Å². The SMILES string of the molecule is COC(=O)[C@@H](Cc1c[nH]c2ccccc12)NC(=O)c1ccc(OC)cc1. The molecule has 26 heavy (non-hydrogen) atoms. The maximum Gasteiger partial charge on any atom is 0.328 e. The lowest BCUT2D eigenvalue weighted by atomic mass is 10.0. The number of methoxy groups -OCH3 is 2. The third-order valence-electron chi connectivity index (χ3n) is 4.24. The summed E-state index contributed by atoms with van der Waals surface area (Å²) in [6, 6.07) is 13.7. The molecule has 0 aliphatic carbocycles. The number of H-pyrrole nitrogens is 1. The van der Waals surface area contributed by atoms with Crippen molar-refractivity contribution in [1.29, 1.82) is 0 Å². The average molecular weight is 352 g/mol. The van der Waals surface area contributed by atoms with E-state index < -0.39 is 12.0 Å². The molecule has 2 aromatic carbocycles. The molecule has 0 saturated heterocycles. The van der Waals surface area contributed by atoms with Crippen molar-refractivity contribution < 1.29 is 19.1 Å². The van der Waals surface area contributed by atoms with Crippen LogP contribution in [0.2, 0.25) is 0 Å². The van der Waals surface area contributed by atoms with E-state index in [0.717, 1.165) is 16.5 Å². The third kappa shape index (κ3) is 3.69. The van der Waals surface area contributed by atoms with Crippen molar-refractivity contribution in [3.05, 3.63) is 65.9 Å². The van der Waals surface area contributed by atoms with Gasteiger partial charge in [-0.05, 0) is 35.9 Å². The van der Waals surface area contributed by atoms with Gasteiger partial charge >= 0.3 is 5.97 Å². The first-order chi connectivity index (χ1) is 12.6. The number of ether oxygens (including phenoxy) is 2. The fourth-order valence-corrected chi connectivity index (χ4v) is 2.84. The van der Waals surface area contributed by atoms with E-state index in [1.165, 1.54) is 7.11 Å². The number of aromatic nitrogens is 1. The minimum atomic E-state index is -0.784. The Morgan fingerprint density at radius 1 is 1.08 bits per heavy atom. The molecular formula is C20H20N2O4.